The van der Waals surface area contributed by atoms with Gasteiger partial charge in [-0.1, -0.05) is 6.42 Å². The summed E-state index contributed by atoms with van der Waals surface area (Å²) in [5, 5.41) is 0. The first-order valence-electron chi connectivity index (χ1n) is 6.35. The summed E-state index contributed by atoms with van der Waals surface area (Å²) in [6, 6.07) is 5.31. The number of hydrogen-bond donors (Lipinski definition) is 0. The molecule has 1 aromatic rings. The lowest BCUT2D eigenvalue weighted by Gasteiger charge is -2.18. The Balaban J connectivity index is 2.03. The second kappa shape index (κ2) is 4.63. The largest absolute Gasteiger partial charge is 0.497 e. The molecule has 0 bridgehead atoms. The smallest absolute Gasteiger partial charge is 0.237 e. The molecule has 2 amide bonds. The molecule has 1 aliphatic carbocycles. The molecule has 4 nitrogen and oxygen atoms in total. The zero-order chi connectivity index (χ0) is 13.6. The summed E-state index contributed by atoms with van der Waals surface area (Å²) in [4.78, 5) is 26.1. The van der Waals surface area contributed by atoms with E-state index in [4.69, 9.17) is 4.74 Å². The van der Waals surface area contributed by atoms with E-state index in [1.807, 2.05) is 0 Å². The molecule has 2 atom stereocenters. The molecule has 0 aromatic heterocycles. The minimum Gasteiger partial charge on any atom is -0.497 e. The van der Waals surface area contributed by atoms with Crippen LogP contribution in [0.15, 0.2) is 22.7 Å². The monoisotopic (exact) mass is 323 g/mol. The quantitative estimate of drug-likeness (QED) is 0.786. The van der Waals surface area contributed by atoms with Gasteiger partial charge in [-0.05, 0) is 40.9 Å². The minimum atomic E-state index is -0.120. The van der Waals surface area contributed by atoms with Crippen LogP contribution < -0.4 is 9.64 Å². The summed E-state index contributed by atoms with van der Waals surface area (Å²) < 4.78 is 5.90. The van der Waals surface area contributed by atoms with E-state index >= 15 is 0 Å². The number of fused-ring (bicyclic) bond motifs is 1. The maximum Gasteiger partial charge on any atom is 0.237 e. The maximum atomic E-state index is 12.4. The van der Waals surface area contributed by atoms with Gasteiger partial charge in [0.15, 0.2) is 0 Å². The zero-order valence-electron chi connectivity index (χ0n) is 10.6. The summed E-state index contributed by atoms with van der Waals surface area (Å²) >= 11 is 3.40. The molecular formula is C14H14BrNO3. The van der Waals surface area contributed by atoms with E-state index in [2.05, 4.69) is 15.9 Å². The van der Waals surface area contributed by atoms with Crippen LogP contribution in [0.1, 0.15) is 19.3 Å². The number of halogens is 1. The van der Waals surface area contributed by atoms with E-state index < -0.39 is 0 Å². The third-order valence-electron chi connectivity index (χ3n) is 3.99. The first kappa shape index (κ1) is 12.7. The molecule has 5 heteroatoms. The van der Waals surface area contributed by atoms with Gasteiger partial charge in [0, 0.05) is 10.5 Å². The molecule has 1 heterocycles. The topological polar surface area (TPSA) is 46.6 Å². The SMILES string of the molecule is COc1ccc(Br)c(N2C(=O)C3CCCC3C2=O)c1. The van der Waals surface area contributed by atoms with Crippen molar-refractivity contribution < 1.29 is 14.3 Å². The molecule has 1 aliphatic heterocycles. The fourth-order valence-corrected chi connectivity index (χ4v) is 3.44. The van der Waals surface area contributed by atoms with Crippen LogP contribution in [-0.4, -0.2) is 18.9 Å². The molecule has 1 saturated carbocycles. The second-order valence-electron chi connectivity index (χ2n) is 4.97. The molecule has 2 aliphatic rings. The van der Waals surface area contributed by atoms with Crippen LogP contribution in [0.2, 0.25) is 0 Å². The number of amides is 2. The van der Waals surface area contributed by atoms with Gasteiger partial charge in [-0.25, -0.2) is 4.90 Å². The Hall–Kier alpha value is -1.36. The molecule has 0 spiro atoms. The van der Waals surface area contributed by atoms with Gasteiger partial charge in [-0.3, -0.25) is 9.59 Å². The van der Waals surface area contributed by atoms with Crippen LogP contribution >= 0.6 is 15.9 Å². The standard InChI is InChI=1S/C14H14BrNO3/c1-19-8-5-6-11(15)12(7-8)16-13(17)9-3-2-4-10(9)14(16)18/h5-7,9-10H,2-4H2,1H3. The second-order valence-corrected chi connectivity index (χ2v) is 5.83. The third kappa shape index (κ3) is 1.87. The van der Waals surface area contributed by atoms with Gasteiger partial charge in [-0.2, -0.15) is 0 Å². The molecule has 19 heavy (non-hydrogen) atoms. The Morgan fingerprint density at radius 2 is 1.84 bits per heavy atom. The normalized spacial score (nSPS) is 25.9. The third-order valence-corrected chi connectivity index (χ3v) is 4.66. The van der Waals surface area contributed by atoms with Crippen molar-refractivity contribution in [3.63, 3.8) is 0 Å². The fraction of sp³-hybridized carbons (Fsp3) is 0.429. The van der Waals surface area contributed by atoms with Gasteiger partial charge < -0.3 is 4.74 Å². The van der Waals surface area contributed by atoms with Crippen LogP contribution in [0.4, 0.5) is 5.69 Å². The number of methoxy groups -OCH3 is 1. The number of benzene rings is 1. The maximum absolute atomic E-state index is 12.4. The fourth-order valence-electron chi connectivity index (χ4n) is 3.02. The summed E-state index contributed by atoms with van der Waals surface area (Å²) in [6.45, 7) is 0. The van der Waals surface area contributed by atoms with Crippen molar-refractivity contribution in [3.8, 4) is 5.75 Å². The number of rotatable bonds is 2. The van der Waals surface area contributed by atoms with Crippen molar-refractivity contribution >= 4 is 33.4 Å². The summed E-state index contributed by atoms with van der Waals surface area (Å²) in [5.41, 5.74) is 0.587. The van der Waals surface area contributed by atoms with Gasteiger partial charge in [-0.15, -0.1) is 0 Å². The van der Waals surface area contributed by atoms with Crippen LogP contribution in [0.25, 0.3) is 0 Å². The summed E-state index contributed by atoms with van der Waals surface area (Å²) in [7, 11) is 1.56. The number of nitrogens with zero attached hydrogens (tertiary/aromatic N) is 1. The molecular weight excluding hydrogens is 310 g/mol. The highest BCUT2D eigenvalue weighted by Crippen LogP contribution is 2.43. The Morgan fingerprint density at radius 1 is 1.21 bits per heavy atom. The van der Waals surface area contributed by atoms with E-state index in [9.17, 15) is 9.59 Å². The van der Waals surface area contributed by atoms with Gasteiger partial charge >= 0.3 is 0 Å². The number of carbonyl (C=O) groups is 2. The van der Waals surface area contributed by atoms with Gasteiger partial charge in [0.2, 0.25) is 11.8 Å². The molecule has 3 rings (SSSR count). The van der Waals surface area contributed by atoms with E-state index in [0.717, 1.165) is 23.7 Å². The summed E-state index contributed by atoms with van der Waals surface area (Å²) in [5.74, 6) is 0.259. The van der Waals surface area contributed by atoms with Crippen molar-refractivity contribution in [2.45, 2.75) is 19.3 Å². The number of imide groups is 1. The highest BCUT2D eigenvalue weighted by Gasteiger charge is 2.50. The molecule has 1 aromatic carbocycles. The van der Waals surface area contributed by atoms with Crippen LogP contribution in [0.5, 0.6) is 5.75 Å². The molecule has 2 fully saturated rings. The number of hydrogen-bond acceptors (Lipinski definition) is 3. The molecule has 0 radical (unpaired) electrons. The van der Waals surface area contributed by atoms with E-state index in [0.29, 0.717) is 11.4 Å². The Bertz CT molecular complexity index is 536. The Kier molecular flexibility index (Phi) is 3.09. The average molecular weight is 324 g/mol. The Morgan fingerprint density at radius 3 is 2.42 bits per heavy atom. The predicted molar refractivity (Wildman–Crippen MR) is 74.0 cm³/mol. The number of carbonyl (C=O) groups excluding carboxylic acids is 2. The van der Waals surface area contributed by atoms with Crippen molar-refractivity contribution in [2.75, 3.05) is 12.0 Å². The van der Waals surface area contributed by atoms with Gasteiger partial charge in [0.25, 0.3) is 0 Å². The van der Waals surface area contributed by atoms with Crippen molar-refractivity contribution in [2.24, 2.45) is 11.8 Å². The van der Waals surface area contributed by atoms with E-state index in [1.54, 1.807) is 25.3 Å². The number of ether oxygens (including phenoxy) is 1. The van der Waals surface area contributed by atoms with E-state index in [1.165, 1.54) is 4.90 Å². The molecule has 1 saturated heterocycles. The lowest BCUT2D eigenvalue weighted by Crippen LogP contribution is -2.31. The van der Waals surface area contributed by atoms with Crippen LogP contribution in [0.3, 0.4) is 0 Å². The average Bonchev–Trinajstić information content (AvgIpc) is 2.97. The van der Waals surface area contributed by atoms with Crippen molar-refractivity contribution in [1.29, 1.82) is 0 Å². The zero-order valence-corrected chi connectivity index (χ0v) is 12.1. The van der Waals surface area contributed by atoms with Crippen molar-refractivity contribution in [1.82, 2.24) is 0 Å². The predicted octanol–water partition coefficient (Wildman–Crippen LogP) is 2.75. The minimum absolute atomic E-state index is 0.0681. The number of anilines is 1. The van der Waals surface area contributed by atoms with Gasteiger partial charge in [0.05, 0.1) is 24.6 Å². The highest BCUT2D eigenvalue weighted by atomic mass is 79.9. The van der Waals surface area contributed by atoms with Crippen LogP contribution in [-0.2, 0) is 9.59 Å². The Labute approximate surface area is 119 Å². The molecule has 2 unspecified atom stereocenters. The van der Waals surface area contributed by atoms with Crippen molar-refractivity contribution in [3.05, 3.63) is 22.7 Å². The van der Waals surface area contributed by atoms with Crippen LogP contribution in [0, 0.1) is 11.8 Å². The van der Waals surface area contributed by atoms with Gasteiger partial charge in [0.1, 0.15) is 5.75 Å². The highest BCUT2D eigenvalue weighted by molar-refractivity contribution is 9.10. The first-order chi connectivity index (χ1) is 9.13. The lowest BCUT2D eigenvalue weighted by molar-refractivity contribution is -0.122. The van der Waals surface area contributed by atoms with E-state index in [-0.39, 0.29) is 23.7 Å². The molecule has 100 valence electrons. The summed E-state index contributed by atoms with van der Waals surface area (Å²) in [6.07, 6.45) is 2.63. The molecule has 0 N–H and O–H groups in total. The lowest BCUT2D eigenvalue weighted by atomic mass is 10.00. The first-order valence-corrected chi connectivity index (χ1v) is 7.14.